The van der Waals surface area contributed by atoms with Gasteiger partial charge in [0.15, 0.2) is 0 Å². The molecule has 0 fully saturated rings. The molecule has 0 N–H and O–H groups in total. The molecule has 1 aromatic carbocycles. The normalized spacial score (nSPS) is 20.3. The quantitative estimate of drug-likeness (QED) is 0.510. The van der Waals surface area contributed by atoms with Gasteiger partial charge in [-0.3, -0.25) is 0 Å². The van der Waals surface area contributed by atoms with Crippen LogP contribution in [0.4, 0.5) is 0 Å². The van der Waals surface area contributed by atoms with E-state index in [4.69, 9.17) is 11.6 Å². The van der Waals surface area contributed by atoms with Crippen molar-refractivity contribution in [3.05, 3.63) is 34.4 Å². The van der Waals surface area contributed by atoms with E-state index in [1.807, 2.05) is 0 Å². The van der Waals surface area contributed by atoms with Crippen molar-refractivity contribution in [2.75, 3.05) is 0 Å². The molecule has 88 valence electrons. The van der Waals surface area contributed by atoms with E-state index in [0.29, 0.717) is 0 Å². The first kappa shape index (κ1) is 12.0. The van der Waals surface area contributed by atoms with E-state index in [1.165, 1.54) is 36.0 Å². The lowest BCUT2D eigenvalue weighted by Crippen LogP contribution is -2.03. The first-order valence-corrected chi connectivity index (χ1v) is 6.99. The first-order chi connectivity index (χ1) is 7.77. The summed E-state index contributed by atoms with van der Waals surface area (Å²) < 4.78 is 0. The molecule has 1 atom stereocenters. The minimum atomic E-state index is 0.249. The molecule has 0 saturated heterocycles. The Kier molecular flexibility index (Phi) is 3.91. The van der Waals surface area contributed by atoms with Gasteiger partial charge in [0.2, 0.25) is 0 Å². The number of alkyl halides is 1. The highest BCUT2D eigenvalue weighted by atomic mass is 35.5. The highest BCUT2D eigenvalue weighted by Crippen LogP contribution is 2.37. The van der Waals surface area contributed by atoms with E-state index in [9.17, 15) is 0 Å². The van der Waals surface area contributed by atoms with Gasteiger partial charge >= 0.3 is 0 Å². The highest BCUT2D eigenvalue weighted by molar-refractivity contribution is 6.21. The Hall–Kier alpha value is -0.490. The maximum absolute atomic E-state index is 6.56. The Morgan fingerprint density at radius 1 is 1.12 bits per heavy atom. The second-order valence-corrected chi connectivity index (χ2v) is 5.22. The Balaban J connectivity index is 2.56. The molecule has 1 heteroatoms. The zero-order valence-corrected chi connectivity index (χ0v) is 11.1. The number of hydrogen-bond acceptors (Lipinski definition) is 0. The van der Waals surface area contributed by atoms with Crippen LogP contribution in [0.1, 0.15) is 60.7 Å². The lowest BCUT2D eigenvalue weighted by Gasteiger charge is -2.18. The van der Waals surface area contributed by atoms with Crippen LogP contribution in [0.5, 0.6) is 0 Å². The van der Waals surface area contributed by atoms with Gasteiger partial charge in [0, 0.05) is 0 Å². The number of fused-ring (bicyclic) bond motifs is 1. The van der Waals surface area contributed by atoms with Crippen molar-refractivity contribution in [3.63, 3.8) is 0 Å². The summed E-state index contributed by atoms with van der Waals surface area (Å²) in [5.74, 6) is 0. The number of hydrogen-bond donors (Lipinski definition) is 0. The van der Waals surface area contributed by atoms with E-state index < -0.39 is 0 Å². The van der Waals surface area contributed by atoms with E-state index in [0.717, 1.165) is 19.3 Å². The lowest BCUT2D eigenvalue weighted by molar-refractivity contribution is 0.697. The van der Waals surface area contributed by atoms with E-state index in [2.05, 4.69) is 26.0 Å². The molecule has 1 aliphatic carbocycles. The molecular formula is C15H21Cl. The number of rotatable bonds is 2. The van der Waals surface area contributed by atoms with Gasteiger partial charge in [0.05, 0.1) is 5.38 Å². The molecule has 0 amide bonds. The van der Waals surface area contributed by atoms with Gasteiger partial charge in [-0.1, -0.05) is 32.4 Å². The van der Waals surface area contributed by atoms with E-state index >= 15 is 0 Å². The number of benzene rings is 1. The van der Waals surface area contributed by atoms with Crippen molar-refractivity contribution in [1.29, 1.82) is 0 Å². The second kappa shape index (κ2) is 5.23. The van der Waals surface area contributed by atoms with Crippen molar-refractivity contribution in [1.82, 2.24) is 0 Å². The predicted molar refractivity (Wildman–Crippen MR) is 71.3 cm³/mol. The summed E-state index contributed by atoms with van der Waals surface area (Å²) in [4.78, 5) is 0. The molecule has 0 spiro atoms. The number of halogens is 1. The van der Waals surface area contributed by atoms with Crippen LogP contribution < -0.4 is 0 Å². The van der Waals surface area contributed by atoms with E-state index in [1.54, 1.807) is 5.56 Å². The zero-order valence-electron chi connectivity index (χ0n) is 10.4. The van der Waals surface area contributed by atoms with Gasteiger partial charge in [-0.15, -0.1) is 11.6 Å². The van der Waals surface area contributed by atoms with Crippen molar-refractivity contribution < 1.29 is 0 Å². The molecule has 16 heavy (non-hydrogen) atoms. The van der Waals surface area contributed by atoms with E-state index in [-0.39, 0.29) is 5.38 Å². The fourth-order valence-electron chi connectivity index (χ4n) is 2.85. The molecule has 0 aliphatic heterocycles. The standard InChI is InChI=1S/C15H21Cl/c1-3-11-9-10-12(4-2)15-13(11)7-5-6-8-14(15)16/h9-10,14H,3-8H2,1-2H3. The average Bonchev–Trinajstić information content (AvgIpc) is 2.51. The van der Waals surface area contributed by atoms with Crippen molar-refractivity contribution in [3.8, 4) is 0 Å². The largest absolute Gasteiger partial charge is 0.118 e. The monoisotopic (exact) mass is 236 g/mol. The summed E-state index contributed by atoms with van der Waals surface area (Å²) in [6, 6.07) is 4.60. The smallest absolute Gasteiger partial charge is 0.0590 e. The van der Waals surface area contributed by atoms with Gasteiger partial charge in [0.25, 0.3) is 0 Å². The SMILES string of the molecule is CCc1ccc(CC)c2c1CCCCC2Cl. The average molecular weight is 237 g/mol. The molecule has 0 bridgehead atoms. The molecule has 1 aliphatic rings. The minimum Gasteiger partial charge on any atom is -0.118 e. The van der Waals surface area contributed by atoms with Gasteiger partial charge in [0.1, 0.15) is 0 Å². The van der Waals surface area contributed by atoms with Gasteiger partial charge in [-0.25, -0.2) is 0 Å². The second-order valence-electron chi connectivity index (χ2n) is 4.70. The van der Waals surface area contributed by atoms with Crippen LogP contribution in [0.2, 0.25) is 0 Å². The topological polar surface area (TPSA) is 0 Å². The van der Waals surface area contributed by atoms with Crippen LogP contribution in [0.15, 0.2) is 12.1 Å². The molecule has 0 nitrogen and oxygen atoms in total. The third kappa shape index (κ3) is 2.13. The first-order valence-electron chi connectivity index (χ1n) is 6.55. The summed E-state index contributed by atoms with van der Waals surface area (Å²) in [6.45, 7) is 4.48. The Morgan fingerprint density at radius 3 is 2.50 bits per heavy atom. The zero-order chi connectivity index (χ0) is 11.5. The molecule has 0 aromatic heterocycles. The summed E-state index contributed by atoms with van der Waals surface area (Å²) in [5.41, 5.74) is 6.02. The predicted octanol–water partition coefficient (Wildman–Crippen LogP) is 4.82. The van der Waals surface area contributed by atoms with Crippen LogP contribution in [0.3, 0.4) is 0 Å². The van der Waals surface area contributed by atoms with Crippen molar-refractivity contribution in [2.45, 2.75) is 57.7 Å². The van der Waals surface area contributed by atoms with Crippen molar-refractivity contribution >= 4 is 11.6 Å². The molecule has 2 rings (SSSR count). The molecular weight excluding hydrogens is 216 g/mol. The molecule has 0 saturated carbocycles. The third-order valence-corrected chi connectivity index (χ3v) is 4.19. The van der Waals surface area contributed by atoms with Gasteiger partial charge in [-0.05, 0) is 54.4 Å². The third-order valence-electron chi connectivity index (χ3n) is 3.75. The van der Waals surface area contributed by atoms with Gasteiger partial charge in [-0.2, -0.15) is 0 Å². The Morgan fingerprint density at radius 2 is 1.81 bits per heavy atom. The molecule has 1 aromatic rings. The summed E-state index contributed by atoms with van der Waals surface area (Å²) in [7, 11) is 0. The molecule has 0 radical (unpaired) electrons. The molecule has 0 heterocycles. The van der Waals surface area contributed by atoms with Crippen LogP contribution in [-0.4, -0.2) is 0 Å². The maximum atomic E-state index is 6.56. The van der Waals surface area contributed by atoms with Crippen LogP contribution in [-0.2, 0) is 19.3 Å². The van der Waals surface area contributed by atoms with Gasteiger partial charge < -0.3 is 0 Å². The summed E-state index contributed by atoms with van der Waals surface area (Å²) in [6.07, 6.45) is 7.20. The van der Waals surface area contributed by atoms with Crippen LogP contribution in [0.25, 0.3) is 0 Å². The fourth-order valence-corrected chi connectivity index (χ4v) is 3.28. The van der Waals surface area contributed by atoms with Crippen LogP contribution >= 0.6 is 11.6 Å². The fraction of sp³-hybridized carbons (Fsp3) is 0.600. The maximum Gasteiger partial charge on any atom is 0.0590 e. The summed E-state index contributed by atoms with van der Waals surface area (Å²) in [5, 5.41) is 0.249. The Labute approximate surface area is 104 Å². The molecule has 1 unspecified atom stereocenters. The lowest BCUT2D eigenvalue weighted by atomic mass is 9.90. The van der Waals surface area contributed by atoms with Crippen LogP contribution in [0, 0.1) is 0 Å². The van der Waals surface area contributed by atoms with Crippen molar-refractivity contribution in [2.24, 2.45) is 0 Å². The minimum absolute atomic E-state index is 0.249. The highest BCUT2D eigenvalue weighted by Gasteiger charge is 2.21. The summed E-state index contributed by atoms with van der Waals surface area (Å²) >= 11 is 6.56. The Bertz CT molecular complexity index is 368. The number of aryl methyl sites for hydroxylation is 2.